The third-order valence-electron chi connectivity index (χ3n) is 2.36. The summed E-state index contributed by atoms with van der Waals surface area (Å²) < 4.78 is 5.24. The van der Waals surface area contributed by atoms with E-state index < -0.39 is 5.60 Å². The zero-order chi connectivity index (χ0) is 11.6. The summed E-state index contributed by atoms with van der Waals surface area (Å²) in [5.41, 5.74) is -0.499. The molecule has 1 fully saturated rings. The Labute approximate surface area is 90.6 Å². The van der Waals surface area contributed by atoms with Crippen LogP contribution in [0.15, 0.2) is 0 Å². The fourth-order valence-corrected chi connectivity index (χ4v) is 1.71. The molecule has 0 saturated carbocycles. The predicted molar refractivity (Wildman–Crippen MR) is 56.6 cm³/mol. The van der Waals surface area contributed by atoms with Crippen LogP contribution in [0.25, 0.3) is 0 Å². The van der Waals surface area contributed by atoms with Gasteiger partial charge < -0.3 is 4.74 Å². The molecule has 0 bridgehead atoms. The van der Waals surface area contributed by atoms with Gasteiger partial charge in [0, 0.05) is 13.0 Å². The van der Waals surface area contributed by atoms with Gasteiger partial charge in [-0.25, -0.2) is 4.79 Å². The molecule has 1 saturated heterocycles. The molecule has 0 N–H and O–H groups in total. The van der Waals surface area contributed by atoms with Crippen molar-refractivity contribution in [2.75, 3.05) is 6.54 Å². The van der Waals surface area contributed by atoms with Gasteiger partial charge in [0.1, 0.15) is 5.60 Å². The SMILES string of the molecule is CCC1C(=O)CCN1C(=O)OC(C)(C)C. The molecule has 0 radical (unpaired) electrons. The van der Waals surface area contributed by atoms with E-state index in [2.05, 4.69) is 0 Å². The Morgan fingerprint density at radius 2 is 2.13 bits per heavy atom. The van der Waals surface area contributed by atoms with Crippen molar-refractivity contribution in [3.8, 4) is 0 Å². The lowest BCUT2D eigenvalue weighted by Gasteiger charge is -2.27. The molecular formula is C11H19NO3. The molecule has 15 heavy (non-hydrogen) atoms. The second-order valence-corrected chi connectivity index (χ2v) is 4.81. The van der Waals surface area contributed by atoms with E-state index in [1.165, 1.54) is 4.90 Å². The quantitative estimate of drug-likeness (QED) is 0.669. The van der Waals surface area contributed by atoms with Gasteiger partial charge in [-0.3, -0.25) is 9.69 Å². The molecule has 1 atom stereocenters. The molecule has 4 heteroatoms. The van der Waals surface area contributed by atoms with E-state index in [-0.39, 0.29) is 17.9 Å². The van der Waals surface area contributed by atoms with Crippen LogP contribution in [0.2, 0.25) is 0 Å². The molecule has 86 valence electrons. The van der Waals surface area contributed by atoms with Crippen molar-refractivity contribution < 1.29 is 14.3 Å². The van der Waals surface area contributed by atoms with Gasteiger partial charge in [0.2, 0.25) is 0 Å². The van der Waals surface area contributed by atoms with Crippen molar-refractivity contribution in [2.45, 2.75) is 52.2 Å². The van der Waals surface area contributed by atoms with Gasteiger partial charge in [-0.2, -0.15) is 0 Å². The average molecular weight is 213 g/mol. The van der Waals surface area contributed by atoms with Crippen LogP contribution in [0.1, 0.15) is 40.5 Å². The highest BCUT2D eigenvalue weighted by Gasteiger charge is 2.36. The lowest BCUT2D eigenvalue weighted by atomic mass is 10.1. The van der Waals surface area contributed by atoms with E-state index in [1.54, 1.807) is 0 Å². The summed E-state index contributed by atoms with van der Waals surface area (Å²) in [6, 6.07) is -0.278. The van der Waals surface area contributed by atoms with Crippen LogP contribution in [0.3, 0.4) is 0 Å². The van der Waals surface area contributed by atoms with Gasteiger partial charge in [-0.1, -0.05) is 6.92 Å². The largest absolute Gasteiger partial charge is 0.444 e. The number of rotatable bonds is 1. The first-order valence-electron chi connectivity index (χ1n) is 5.37. The second-order valence-electron chi connectivity index (χ2n) is 4.81. The van der Waals surface area contributed by atoms with E-state index in [9.17, 15) is 9.59 Å². The van der Waals surface area contributed by atoms with E-state index in [1.807, 2.05) is 27.7 Å². The molecule has 0 aliphatic carbocycles. The van der Waals surface area contributed by atoms with E-state index in [0.29, 0.717) is 19.4 Å². The zero-order valence-corrected chi connectivity index (χ0v) is 9.87. The molecule has 1 aliphatic heterocycles. The van der Waals surface area contributed by atoms with Crippen molar-refractivity contribution in [2.24, 2.45) is 0 Å². The Bertz CT molecular complexity index is 267. The normalized spacial score (nSPS) is 22.0. The van der Waals surface area contributed by atoms with Crippen molar-refractivity contribution in [3.63, 3.8) is 0 Å². The highest BCUT2D eigenvalue weighted by atomic mass is 16.6. The second kappa shape index (κ2) is 4.21. The molecule has 0 aromatic heterocycles. The van der Waals surface area contributed by atoms with Crippen LogP contribution >= 0.6 is 0 Å². The Morgan fingerprint density at radius 1 is 1.53 bits per heavy atom. The first-order chi connectivity index (χ1) is 6.85. The summed E-state index contributed by atoms with van der Waals surface area (Å²) in [6.45, 7) is 7.87. The zero-order valence-electron chi connectivity index (χ0n) is 9.87. The summed E-state index contributed by atoms with van der Waals surface area (Å²) >= 11 is 0. The lowest BCUT2D eigenvalue weighted by Crippen LogP contribution is -2.41. The highest BCUT2D eigenvalue weighted by molar-refractivity contribution is 5.90. The Kier molecular flexibility index (Phi) is 3.37. The molecule has 1 unspecified atom stereocenters. The highest BCUT2D eigenvalue weighted by Crippen LogP contribution is 2.20. The van der Waals surface area contributed by atoms with Gasteiger partial charge >= 0.3 is 6.09 Å². The Morgan fingerprint density at radius 3 is 2.60 bits per heavy atom. The summed E-state index contributed by atoms with van der Waals surface area (Å²) in [4.78, 5) is 24.7. The van der Waals surface area contributed by atoms with Gasteiger partial charge in [-0.05, 0) is 27.2 Å². The standard InChI is InChI=1S/C11H19NO3/c1-5-8-9(13)6-7-12(8)10(14)15-11(2,3)4/h8H,5-7H2,1-4H3. The summed E-state index contributed by atoms with van der Waals surface area (Å²) in [6.07, 6.45) is 0.746. The average Bonchev–Trinajstić information content (AvgIpc) is 2.43. The van der Waals surface area contributed by atoms with E-state index >= 15 is 0 Å². The maximum absolute atomic E-state index is 11.7. The van der Waals surface area contributed by atoms with Crippen molar-refractivity contribution in [3.05, 3.63) is 0 Å². The third-order valence-corrected chi connectivity index (χ3v) is 2.36. The molecule has 0 spiro atoms. The monoisotopic (exact) mass is 213 g/mol. The van der Waals surface area contributed by atoms with E-state index in [4.69, 9.17) is 4.74 Å². The number of amides is 1. The molecule has 0 aromatic rings. The van der Waals surface area contributed by atoms with Crippen LogP contribution < -0.4 is 0 Å². The molecule has 1 aliphatic rings. The Balaban J connectivity index is 2.64. The minimum Gasteiger partial charge on any atom is -0.444 e. The maximum atomic E-state index is 11.7. The first-order valence-corrected chi connectivity index (χ1v) is 5.37. The van der Waals surface area contributed by atoms with Crippen LogP contribution in [0.4, 0.5) is 4.79 Å². The first kappa shape index (κ1) is 12.0. The van der Waals surface area contributed by atoms with Crippen molar-refractivity contribution >= 4 is 11.9 Å². The smallest absolute Gasteiger partial charge is 0.410 e. The van der Waals surface area contributed by atoms with Gasteiger partial charge in [-0.15, -0.1) is 0 Å². The lowest BCUT2D eigenvalue weighted by molar-refractivity contribution is -0.120. The number of Topliss-reactive ketones (excluding diaryl/α,β-unsaturated/α-hetero) is 1. The number of ketones is 1. The van der Waals surface area contributed by atoms with Gasteiger partial charge in [0.15, 0.2) is 5.78 Å². The molecule has 1 heterocycles. The van der Waals surface area contributed by atoms with Crippen LogP contribution in [-0.2, 0) is 9.53 Å². The molecule has 1 amide bonds. The van der Waals surface area contributed by atoms with Crippen molar-refractivity contribution in [1.29, 1.82) is 0 Å². The predicted octanol–water partition coefficient (Wildman–Crippen LogP) is 1.97. The number of likely N-dealkylation sites (tertiary alicyclic amines) is 1. The fraction of sp³-hybridized carbons (Fsp3) is 0.818. The number of carbonyl (C=O) groups excluding carboxylic acids is 2. The molecule has 4 nitrogen and oxygen atoms in total. The van der Waals surface area contributed by atoms with Crippen LogP contribution in [-0.4, -0.2) is 35.0 Å². The number of ether oxygens (including phenoxy) is 1. The maximum Gasteiger partial charge on any atom is 0.410 e. The van der Waals surface area contributed by atoms with Crippen LogP contribution in [0, 0.1) is 0 Å². The number of hydrogen-bond donors (Lipinski definition) is 0. The number of carbonyl (C=O) groups is 2. The summed E-state index contributed by atoms with van der Waals surface area (Å²) in [7, 11) is 0. The molecular weight excluding hydrogens is 194 g/mol. The molecule has 0 aromatic carbocycles. The number of hydrogen-bond acceptors (Lipinski definition) is 3. The van der Waals surface area contributed by atoms with Gasteiger partial charge in [0.05, 0.1) is 6.04 Å². The topological polar surface area (TPSA) is 46.6 Å². The van der Waals surface area contributed by atoms with E-state index in [0.717, 1.165) is 0 Å². The fourth-order valence-electron chi connectivity index (χ4n) is 1.71. The number of nitrogens with zero attached hydrogens (tertiary/aromatic N) is 1. The molecule has 1 rings (SSSR count). The summed E-state index contributed by atoms with van der Waals surface area (Å²) in [5.74, 6) is 0.142. The minimum absolute atomic E-state index is 0.142. The van der Waals surface area contributed by atoms with Crippen molar-refractivity contribution in [1.82, 2.24) is 4.90 Å². The van der Waals surface area contributed by atoms with Crippen LogP contribution in [0.5, 0.6) is 0 Å². The minimum atomic E-state index is -0.499. The third kappa shape index (κ3) is 2.94. The van der Waals surface area contributed by atoms with Gasteiger partial charge in [0.25, 0.3) is 0 Å². The summed E-state index contributed by atoms with van der Waals surface area (Å²) in [5, 5.41) is 0. The Hall–Kier alpha value is -1.06.